The van der Waals surface area contributed by atoms with Crippen molar-refractivity contribution >= 4 is 5.91 Å². The van der Waals surface area contributed by atoms with Crippen molar-refractivity contribution in [3.05, 3.63) is 89.1 Å². The lowest BCUT2D eigenvalue weighted by Crippen LogP contribution is -2.27. The van der Waals surface area contributed by atoms with Gasteiger partial charge >= 0.3 is 0 Å². The topological polar surface area (TPSA) is 58.4 Å². The third-order valence-electron chi connectivity index (χ3n) is 4.43. The van der Waals surface area contributed by atoms with Crippen molar-refractivity contribution in [2.75, 3.05) is 6.54 Å². The molecule has 0 spiro atoms. The molecule has 158 valence electrons. The molecule has 0 aliphatic heterocycles. The first-order chi connectivity index (χ1) is 14.4. The highest BCUT2D eigenvalue weighted by molar-refractivity contribution is 5.91. The fourth-order valence-corrected chi connectivity index (χ4v) is 2.98. The molecular weight excluding hydrogens is 388 g/mol. The number of hydrogen-bond donors (Lipinski definition) is 1. The number of aromatic nitrogens is 1. The molecule has 3 rings (SSSR count). The van der Waals surface area contributed by atoms with Crippen LogP contribution in [0.5, 0.6) is 0 Å². The first-order valence-electron chi connectivity index (χ1n) is 9.83. The smallest absolute Gasteiger partial charge is 0.273 e. The molecule has 0 unspecified atom stereocenters. The van der Waals surface area contributed by atoms with Crippen molar-refractivity contribution in [1.82, 2.24) is 15.2 Å². The van der Waals surface area contributed by atoms with Crippen LogP contribution in [0.15, 0.2) is 59.2 Å². The SMILES string of the molecule is CC(C)CNC(=O)c1coc(CN(Cc2ccc(F)cc2)Cc2cccc(F)c2)n1. The molecule has 1 heterocycles. The van der Waals surface area contributed by atoms with Crippen molar-refractivity contribution in [3.63, 3.8) is 0 Å². The molecule has 1 N–H and O–H groups in total. The van der Waals surface area contributed by atoms with Gasteiger partial charge in [-0.3, -0.25) is 9.69 Å². The van der Waals surface area contributed by atoms with Crippen LogP contribution in [-0.4, -0.2) is 22.3 Å². The summed E-state index contributed by atoms with van der Waals surface area (Å²) < 4.78 is 32.3. The first kappa shape index (κ1) is 21.6. The third kappa shape index (κ3) is 6.49. The Morgan fingerprint density at radius 3 is 2.47 bits per heavy atom. The number of nitrogens with one attached hydrogen (secondary N) is 1. The Hall–Kier alpha value is -3.06. The summed E-state index contributed by atoms with van der Waals surface area (Å²) in [7, 11) is 0. The minimum Gasteiger partial charge on any atom is -0.447 e. The van der Waals surface area contributed by atoms with Gasteiger partial charge in [0.15, 0.2) is 5.69 Å². The van der Waals surface area contributed by atoms with Crippen molar-refractivity contribution in [2.45, 2.75) is 33.5 Å². The summed E-state index contributed by atoms with van der Waals surface area (Å²) in [5.41, 5.74) is 1.91. The predicted octanol–water partition coefficient (Wildman–Crippen LogP) is 4.54. The normalized spacial score (nSPS) is 11.3. The van der Waals surface area contributed by atoms with Gasteiger partial charge in [0.2, 0.25) is 5.89 Å². The lowest BCUT2D eigenvalue weighted by molar-refractivity contribution is 0.0944. The van der Waals surface area contributed by atoms with Crippen LogP contribution in [0.2, 0.25) is 0 Å². The van der Waals surface area contributed by atoms with Crippen LogP contribution < -0.4 is 5.32 Å². The van der Waals surface area contributed by atoms with Gasteiger partial charge in [-0.05, 0) is 41.3 Å². The van der Waals surface area contributed by atoms with Crippen LogP contribution >= 0.6 is 0 Å². The van der Waals surface area contributed by atoms with Gasteiger partial charge in [-0.2, -0.15) is 0 Å². The van der Waals surface area contributed by atoms with E-state index in [1.807, 2.05) is 24.8 Å². The molecule has 1 aromatic heterocycles. The zero-order valence-electron chi connectivity index (χ0n) is 17.1. The zero-order valence-corrected chi connectivity index (χ0v) is 17.1. The Bertz CT molecular complexity index is 971. The second-order valence-corrected chi connectivity index (χ2v) is 7.63. The van der Waals surface area contributed by atoms with E-state index >= 15 is 0 Å². The lowest BCUT2D eigenvalue weighted by Gasteiger charge is -2.21. The van der Waals surface area contributed by atoms with E-state index in [9.17, 15) is 13.6 Å². The average molecular weight is 413 g/mol. The number of nitrogens with zero attached hydrogens (tertiary/aromatic N) is 2. The fraction of sp³-hybridized carbons (Fsp3) is 0.304. The molecule has 2 aromatic carbocycles. The van der Waals surface area contributed by atoms with Gasteiger partial charge in [-0.25, -0.2) is 13.8 Å². The second kappa shape index (κ2) is 10.1. The molecule has 0 atom stereocenters. The maximum Gasteiger partial charge on any atom is 0.273 e. The summed E-state index contributed by atoms with van der Waals surface area (Å²) in [4.78, 5) is 18.5. The Morgan fingerprint density at radius 1 is 1.03 bits per heavy atom. The number of oxazole rings is 1. The molecule has 1 amide bonds. The van der Waals surface area contributed by atoms with Gasteiger partial charge in [0, 0.05) is 19.6 Å². The van der Waals surface area contributed by atoms with Crippen LogP contribution in [0.25, 0.3) is 0 Å². The summed E-state index contributed by atoms with van der Waals surface area (Å²) in [6.45, 7) is 5.80. The highest BCUT2D eigenvalue weighted by atomic mass is 19.1. The van der Waals surface area contributed by atoms with Crippen LogP contribution in [0, 0.1) is 17.6 Å². The van der Waals surface area contributed by atoms with Gasteiger partial charge in [0.25, 0.3) is 5.91 Å². The highest BCUT2D eigenvalue weighted by Gasteiger charge is 2.16. The minimum absolute atomic E-state index is 0.220. The fourth-order valence-electron chi connectivity index (χ4n) is 2.98. The van der Waals surface area contributed by atoms with E-state index < -0.39 is 0 Å². The molecule has 7 heteroatoms. The van der Waals surface area contributed by atoms with Crippen molar-refractivity contribution < 1.29 is 18.0 Å². The zero-order chi connectivity index (χ0) is 21.5. The maximum atomic E-state index is 13.6. The number of carbonyl (C=O) groups is 1. The molecule has 0 aliphatic rings. The molecule has 0 bridgehead atoms. The van der Waals surface area contributed by atoms with E-state index in [2.05, 4.69) is 10.3 Å². The van der Waals surface area contributed by atoms with Crippen LogP contribution in [0.1, 0.15) is 41.4 Å². The molecule has 0 saturated carbocycles. The van der Waals surface area contributed by atoms with E-state index in [1.165, 1.54) is 30.5 Å². The van der Waals surface area contributed by atoms with E-state index in [0.29, 0.717) is 38.0 Å². The summed E-state index contributed by atoms with van der Waals surface area (Å²) >= 11 is 0. The molecule has 3 aromatic rings. The number of amides is 1. The molecular formula is C23H25F2N3O2. The maximum absolute atomic E-state index is 13.6. The second-order valence-electron chi connectivity index (χ2n) is 7.63. The predicted molar refractivity (Wildman–Crippen MR) is 109 cm³/mol. The van der Waals surface area contributed by atoms with Gasteiger partial charge in [-0.15, -0.1) is 0 Å². The quantitative estimate of drug-likeness (QED) is 0.560. The molecule has 0 aliphatic carbocycles. The summed E-state index contributed by atoms with van der Waals surface area (Å²) in [6, 6.07) is 12.6. The van der Waals surface area contributed by atoms with Crippen molar-refractivity contribution in [2.24, 2.45) is 5.92 Å². The average Bonchev–Trinajstić information content (AvgIpc) is 3.16. The molecule has 0 fully saturated rings. The molecule has 30 heavy (non-hydrogen) atoms. The third-order valence-corrected chi connectivity index (χ3v) is 4.43. The standard InChI is InChI=1S/C23H25F2N3O2/c1-16(2)11-26-23(29)21-15-30-22(27-21)14-28(12-17-6-8-19(24)9-7-17)13-18-4-3-5-20(25)10-18/h3-10,15-16H,11-14H2,1-2H3,(H,26,29). The van der Waals surface area contributed by atoms with E-state index in [0.717, 1.165) is 11.1 Å². The van der Waals surface area contributed by atoms with Gasteiger partial charge in [0.05, 0.1) is 6.54 Å². The first-order valence-corrected chi connectivity index (χ1v) is 9.83. The Kier molecular flexibility index (Phi) is 7.30. The number of benzene rings is 2. The largest absolute Gasteiger partial charge is 0.447 e. The summed E-state index contributed by atoms with van der Waals surface area (Å²) in [5.74, 6) is -0.190. The van der Waals surface area contributed by atoms with Crippen molar-refractivity contribution in [1.29, 1.82) is 0 Å². The summed E-state index contributed by atoms with van der Waals surface area (Å²) in [6.07, 6.45) is 1.34. The van der Waals surface area contributed by atoms with Gasteiger partial charge in [0.1, 0.15) is 17.9 Å². The lowest BCUT2D eigenvalue weighted by atomic mass is 10.1. The molecule has 5 nitrogen and oxygen atoms in total. The number of hydrogen-bond acceptors (Lipinski definition) is 4. The summed E-state index contributed by atoms with van der Waals surface area (Å²) in [5, 5.41) is 2.80. The monoisotopic (exact) mass is 413 g/mol. The van der Waals surface area contributed by atoms with Crippen LogP contribution in [-0.2, 0) is 19.6 Å². The molecule has 0 saturated heterocycles. The van der Waals surface area contributed by atoms with Crippen molar-refractivity contribution in [3.8, 4) is 0 Å². The highest BCUT2D eigenvalue weighted by Crippen LogP contribution is 2.15. The number of rotatable bonds is 9. The van der Waals surface area contributed by atoms with Gasteiger partial charge in [-0.1, -0.05) is 38.1 Å². The number of carbonyl (C=O) groups excluding carboxylic acids is 1. The minimum atomic E-state index is -0.311. The van der Waals surface area contributed by atoms with E-state index in [4.69, 9.17) is 4.42 Å². The number of halogens is 2. The molecule has 0 radical (unpaired) electrons. The Balaban J connectivity index is 1.73. The van der Waals surface area contributed by atoms with E-state index in [1.54, 1.807) is 18.2 Å². The van der Waals surface area contributed by atoms with Crippen LogP contribution in [0.3, 0.4) is 0 Å². The Labute approximate surface area is 174 Å². The Morgan fingerprint density at radius 2 is 1.77 bits per heavy atom. The van der Waals surface area contributed by atoms with Crippen LogP contribution in [0.4, 0.5) is 8.78 Å². The van der Waals surface area contributed by atoms with E-state index in [-0.39, 0.29) is 23.2 Å². The van der Waals surface area contributed by atoms with Gasteiger partial charge < -0.3 is 9.73 Å².